The van der Waals surface area contributed by atoms with Gasteiger partial charge in [0.2, 0.25) is 0 Å². The van der Waals surface area contributed by atoms with E-state index in [1.807, 2.05) is 12.4 Å². The topological polar surface area (TPSA) is 28.2 Å². The largest absolute Gasteiger partial charge is 0.311 e. The molecule has 1 aliphatic carbocycles. The second-order valence-electron chi connectivity index (χ2n) is 6.51. The maximum Gasteiger partial charge on any atom is 0.0410 e. The van der Waals surface area contributed by atoms with Gasteiger partial charge in [0.1, 0.15) is 0 Å². The van der Waals surface area contributed by atoms with Crippen LogP contribution in [-0.4, -0.2) is 34.6 Å². The standard InChI is InChI=1S/C16H24BrN3/c1-3-15-10-20(9-12-6-14(17)8-18-7-12)16(2,11-19-15)13-4-5-13/h6-8,13,15,19H,3-5,9-11H2,1-2H3. The van der Waals surface area contributed by atoms with Crippen LogP contribution in [0.4, 0.5) is 0 Å². The summed E-state index contributed by atoms with van der Waals surface area (Å²) in [4.78, 5) is 7.00. The molecular weight excluding hydrogens is 314 g/mol. The van der Waals surface area contributed by atoms with Crippen LogP contribution in [-0.2, 0) is 6.54 Å². The Kier molecular flexibility index (Phi) is 4.16. The molecule has 0 amide bonds. The highest BCUT2D eigenvalue weighted by molar-refractivity contribution is 9.10. The second kappa shape index (κ2) is 5.74. The first-order valence-electron chi connectivity index (χ1n) is 7.69. The van der Waals surface area contributed by atoms with E-state index in [2.05, 4.69) is 51.0 Å². The zero-order valence-electron chi connectivity index (χ0n) is 12.4. The van der Waals surface area contributed by atoms with E-state index in [-0.39, 0.29) is 0 Å². The fourth-order valence-electron chi connectivity index (χ4n) is 3.39. The highest BCUT2D eigenvalue weighted by atomic mass is 79.9. The number of rotatable bonds is 4. The smallest absolute Gasteiger partial charge is 0.0410 e. The predicted molar refractivity (Wildman–Crippen MR) is 85.6 cm³/mol. The summed E-state index contributed by atoms with van der Waals surface area (Å²) in [6.45, 7) is 8.00. The fourth-order valence-corrected chi connectivity index (χ4v) is 3.80. The Morgan fingerprint density at radius 1 is 1.45 bits per heavy atom. The number of piperazine rings is 1. The zero-order valence-corrected chi connectivity index (χ0v) is 14.0. The van der Waals surface area contributed by atoms with Crippen molar-refractivity contribution in [1.29, 1.82) is 0 Å². The van der Waals surface area contributed by atoms with E-state index < -0.39 is 0 Å². The van der Waals surface area contributed by atoms with E-state index in [0.717, 1.165) is 30.0 Å². The molecule has 3 rings (SSSR count). The molecule has 0 spiro atoms. The Hall–Kier alpha value is -0.450. The third-order valence-electron chi connectivity index (χ3n) is 5.00. The van der Waals surface area contributed by atoms with Crippen LogP contribution in [0.5, 0.6) is 0 Å². The zero-order chi connectivity index (χ0) is 14.2. The molecule has 1 saturated carbocycles. The number of hydrogen-bond donors (Lipinski definition) is 1. The maximum absolute atomic E-state index is 4.31. The van der Waals surface area contributed by atoms with Gasteiger partial charge in [-0.05, 0) is 59.7 Å². The molecule has 0 bridgehead atoms. The van der Waals surface area contributed by atoms with Gasteiger partial charge in [0.15, 0.2) is 0 Å². The molecule has 110 valence electrons. The first-order valence-corrected chi connectivity index (χ1v) is 8.49. The van der Waals surface area contributed by atoms with Gasteiger partial charge in [-0.3, -0.25) is 9.88 Å². The molecule has 4 heteroatoms. The summed E-state index contributed by atoms with van der Waals surface area (Å²) in [6, 6.07) is 2.82. The summed E-state index contributed by atoms with van der Waals surface area (Å²) in [5.41, 5.74) is 1.62. The summed E-state index contributed by atoms with van der Waals surface area (Å²) in [7, 11) is 0. The summed E-state index contributed by atoms with van der Waals surface area (Å²) in [5, 5.41) is 3.74. The summed E-state index contributed by atoms with van der Waals surface area (Å²) >= 11 is 3.53. The third-order valence-corrected chi connectivity index (χ3v) is 5.43. The van der Waals surface area contributed by atoms with Gasteiger partial charge in [-0.15, -0.1) is 0 Å². The Labute approximate surface area is 130 Å². The number of aromatic nitrogens is 1. The lowest BCUT2D eigenvalue weighted by Crippen LogP contribution is -2.63. The van der Waals surface area contributed by atoms with E-state index in [0.29, 0.717) is 11.6 Å². The fraction of sp³-hybridized carbons (Fsp3) is 0.688. The molecule has 2 unspecified atom stereocenters. The van der Waals surface area contributed by atoms with Crippen LogP contribution in [0, 0.1) is 5.92 Å². The molecule has 2 atom stereocenters. The average Bonchev–Trinajstić information content (AvgIpc) is 3.26. The second-order valence-corrected chi connectivity index (χ2v) is 7.43. The molecule has 1 aliphatic heterocycles. The molecule has 20 heavy (non-hydrogen) atoms. The van der Waals surface area contributed by atoms with Crippen molar-refractivity contribution in [3.63, 3.8) is 0 Å². The molecule has 3 nitrogen and oxygen atoms in total. The van der Waals surface area contributed by atoms with E-state index in [4.69, 9.17) is 0 Å². The molecule has 0 radical (unpaired) electrons. The van der Waals surface area contributed by atoms with Gasteiger partial charge in [0, 0.05) is 48.1 Å². The Morgan fingerprint density at radius 2 is 2.25 bits per heavy atom. The van der Waals surface area contributed by atoms with Crippen molar-refractivity contribution in [2.75, 3.05) is 13.1 Å². The normalized spacial score (nSPS) is 31.4. The van der Waals surface area contributed by atoms with Gasteiger partial charge in [0.25, 0.3) is 0 Å². The van der Waals surface area contributed by atoms with Gasteiger partial charge in [-0.25, -0.2) is 0 Å². The minimum atomic E-state index is 0.313. The molecule has 0 aromatic carbocycles. The lowest BCUT2D eigenvalue weighted by molar-refractivity contribution is 0.0270. The lowest BCUT2D eigenvalue weighted by atomic mass is 9.88. The molecule has 1 aromatic heterocycles. The van der Waals surface area contributed by atoms with Gasteiger partial charge in [0.05, 0.1) is 0 Å². The summed E-state index contributed by atoms with van der Waals surface area (Å²) in [5.74, 6) is 0.868. The number of pyridine rings is 1. The van der Waals surface area contributed by atoms with Crippen molar-refractivity contribution < 1.29 is 0 Å². The van der Waals surface area contributed by atoms with E-state index in [1.165, 1.54) is 24.8 Å². The van der Waals surface area contributed by atoms with Crippen LogP contribution in [0.3, 0.4) is 0 Å². The van der Waals surface area contributed by atoms with Crippen molar-refractivity contribution in [2.24, 2.45) is 5.92 Å². The third kappa shape index (κ3) is 2.92. The van der Waals surface area contributed by atoms with Crippen molar-refractivity contribution >= 4 is 15.9 Å². The number of nitrogens with zero attached hydrogens (tertiary/aromatic N) is 2. The first kappa shape index (κ1) is 14.5. The molecule has 2 aliphatic rings. The van der Waals surface area contributed by atoms with Gasteiger partial charge < -0.3 is 5.32 Å². The van der Waals surface area contributed by atoms with Crippen molar-refractivity contribution in [2.45, 2.75) is 51.2 Å². The number of hydrogen-bond acceptors (Lipinski definition) is 3. The summed E-state index contributed by atoms with van der Waals surface area (Å²) in [6.07, 6.45) is 7.84. The maximum atomic E-state index is 4.31. The molecule has 1 N–H and O–H groups in total. The van der Waals surface area contributed by atoms with E-state index in [1.54, 1.807) is 0 Å². The lowest BCUT2D eigenvalue weighted by Gasteiger charge is -2.48. The van der Waals surface area contributed by atoms with Crippen LogP contribution >= 0.6 is 15.9 Å². The SMILES string of the molecule is CCC1CN(Cc2cncc(Br)c2)C(C)(C2CC2)CN1. The van der Waals surface area contributed by atoms with Crippen LogP contribution < -0.4 is 5.32 Å². The molecule has 2 fully saturated rings. The van der Waals surface area contributed by atoms with Crippen LogP contribution in [0.2, 0.25) is 0 Å². The van der Waals surface area contributed by atoms with Gasteiger partial charge >= 0.3 is 0 Å². The van der Waals surface area contributed by atoms with Crippen LogP contribution in [0.15, 0.2) is 22.9 Å². The monoisotopic (exact) mass is 337 g/mol. The average molecular weight is 338 g/mol. The first-order chi connectivity index (χ1) is 9.61. The number of halogens is 1. The Bertz CT molecular complexity index is 475. The van der Waals surface area contributed by atoms with Crippen molar-refractivity contribution in [1.82, 2.24) is 15.2 Å². The summed E-state index contributed by atoms with van der Waals surface area (Å²) < 4.78 is 1.07. The highest BCUT2D eigenvalue weighted by Crippen LogP contribution is 2.44. The molecule has 1 saturated heterocycles. The molecular formula is C16H24BrN3. The van der Waals surface area contributed by atoms with Crippen LogP contribution in [0.1, 0.15) is 38.7 Å². The predicted octanol–water partition coefficient (Wildman–Crippen LogP) is 3.20. The Morgan fingerprint density at radius 3 is 2.90 bits per heavy atom. The Balaban J connectivity index is 1.78. The highest BCUT2D eigenvalue weighted by Gasteiger charge is 2.47. The minimum Gasteiger partial charge on any atom is -0.311 e. The quantitative estimate of drug-likeness (QED) is 0.914. The van der Waals surface area contributed by atoms with E-state index in [9.17, 15) is 0 Å². The minimum absolute atomic E-state index is 0.313. The van der Waals surface area contributed by atoms with Gasteiger partial charge in [-0.2, -0.15) is 0 Å². The molecule has 2 heterocycles. The molecule has 1 aromatic rings. The van der Waals surface area contributed by atoms with Crippen LogP contribution in [0.25, 0.3) is 0 Å². The van der Waals surface area contributed by atoms with Gasteiger partial charge in [-0.1, -0.05) is 6.92 Å². The van der Waals surface area contributed by atoms with E-state index >= 15 is 0 Å². The number of nitrogens with one attached hydrogen (secondary N) is 1. The van der Waals surface area contributed by atoms with Crippen molar-refractivity contribution in [3.8, 4) is 0 Å². The van der Waals surface area contributed by atoms with Crippen molar-refractivity contribution in [3.05, 3.63) is 28.5 Å².